The van der Waals surface area contributed by atoms with Gasteiger partial charge < -0.3 is 15.5 Å². The zero-order valence-electron chi connectivity index (χ0n) is 17.1. The fourth-order valence-electron chi connectivity index (χ4n) is 7.41. The number of rotatable bonds is 2. The maximum Gasteiger partial charge on any atom is 0.239 e. The quantitative estimate of drug-likeness (QED) is 0.778. The maximum absolute atomic E-state index is 13.5. The van der Waals surface area contributed by atoms with Crippen molar-refractivity contribution in [2.75, 3.05) is 32.8 Å². The maximum atomic E-state index is 13.5. The van der Waals surface area contributed by atoms with Crippen LogP contribution in [0, 0.1) is 17.3 Å². The van der Waals surface area contributed by atoms with Crippen LogP contribution in [-0.4, -0.2) is 66.7 Å². The fourth-order valence-corrected chi connectivity index (χ4v) is 7.41. The smallest absolute Gasteiger partial charge is 0.239 e. The van der Waals surface area contributed by atoms with Crippen LogP contribution in [0.1, 0.15) is 64.7 Å². The lowest BCUT2D eigenvalue weighted by molar-refractivity contribution is -0.135. The highest BCUT2D eigenvalue weighted by Crippen LogP contribution is 2.55. The van der Waals surface area contributed by atoms with Crippen molar-refractivity contribution in [3.8, 4) is 0 Å². The van der Waals surface area contributed by atoms with Crippen LogP contribution in [0.25, 0.3) is 0 Å². The monoisotopic (exact) mass is 374 g/mol. The fraction of sp³-hybridized carbons (Fsp3) is 0.955. The van der Waals surface area contributed by atoms with Crippen LogP contribution in [0.2, 0.25) is 0 Å². The number of amides is 1. The molecule has 0 bridgehead atoms. The molecule has 2 saturated carbocycles. The molecule has 3 aliphatic heterocycles. The number of carbonyl (C=O) groups excluding carboxylic acids is 1. The van der Waals surface area contributed by atoms with E-state index in [0.717, 1.165) is 45.2 Å². The van der Waals surface area contributed by atoms with Crippen molar-refractivity contribution in [3.63, 3.8) is 0 Å². The zero-order valence-corrected chi connectivity index (χ0v) is 17.1. The van der Waals surface area contributed by atoms with Gasteiger partial charge in [0.15, 0.2) is 0 Å². The summed E-state index contributed by atoms with van der Waals surface area (Å²) < 4.78 is 0. The molecule has 2 N–H and O–H groups in total. The lowest BCUT2D eigenvalue weighted by Crippen LogP contribution is -2.56. The molecule has 5 nitrogen and oxygen atoms in total. The molecule has 1 amide bonds. The van der Waals surface area contributed by atoms with E-state index in [1.165, 1.54) is 51.4 Å². The Morgan fingerprint density at radius 3 is 2.78 bits per heavy atom. The lowest BCUT2D eigenvalue weighted by Gasteiger charge is -2.49. The van der Waals surface area contributed by atoms with Gasteiger partial charge in [-0.15, -0.1) is 0 Å². The van der Waals surface area contributed by atoms with E-state index in [1.54, 1.807) is 0 Å². The lowest BCUT2D eigenvalue weighted by atomic mass is 9.57. The topological polar surface area (TPSA) is 47.6 Å². The number of hydrogen-bond acceptors (Lipinski definition) is 4. The van der Waals surface area contributed by atoms with Crippen molar-refractivity contribution in [3.05, 3.63) is 0 Å². The molecular formula is C22H38N4O. The molecule has 5 unspecified atom stereocenters. The molecule has 0 spiro atoms. The molecule has 27 heavy (non-hydrogen) atoms. The van der Waals surface area contributed by atoms with Crippen molar-refractivity contribution >= 4 is 5.91 Å². The van der Waals surface area contributed by atoms with Gasteiger partial charge in [0.1, 0.15) is 0 Å². The molecule has 0 aromatic rings. The minimum Gasteiger partial charge on any atom is -0.338 e. The number of hydrogen-bond donors (Lipinski definition) is 2. The predicted molar refractivity (Wildman–Crippen MR) is 107 cm³/mol. The van der Waals surface area contributed by atoms with Crippen LogP contribution in [0.15, 0.2) is 0 Å². The van der Waals surface area contributed by atoms with Gasteiger partial charge >= 0.3 is 0 Å². The molecule has 0 aromatic heterocycles. The number of carbonyl (C=O) groups is 1. The Morgan fingerprint density at radius 2 is 1.93 bits per heavy atom. The molecule has 5 rings (SSSR count). The summed E-state index contributed by atoms with van der Waals surface area (Å²) in [6.45, 7) is 7.33. The minimum atomic E-state index is 0.0680. The highest BCUT2D eigenvalue weighted by Gasteiger charge is 2.56. The van der Waals surface area contributed by atoms with Gasteiger partial charge in [-0.2, -0.15) is 0 Å². The van der Waals surface area contributed by atoms with Gasteiger partial charge in [-0.1, -0.05) is 32.6 Å². The van der Waals surface area contributed by atoms with Gasteiger partial charge in [0.05, 0.1) is 6.04 Å². The second-order valence-electron chi connectivity index (χ2n) is 10.2. The summed E-state index contributed by atoms with van der Waals surface area (Å²) in [4.78, 5) is 18.2. The first-order valence-corrected chi connectivity index (χ1v) is 11.7. The van der Waals surface area contributed by atoms with E-state index in [-0.39, 0.29) is 6.04 Å². The summed E-state index contributed by atoms with van der Waals surface area (Å²) in [5.74, 6) is 1.97. The van der Waals surface area contributed by atoms with Gasteiger partial charge in [-0.25, -0.2) is 0 Å². The molecule has 3 saturated heterocycles. The molecule has 5 fully saturated rings. The predicted octanol–water partition coefficient (Wildman–Crippen LogP) is 2.18. The second-order valence-corrected chi connectivity index (χ2v) is 10.2. The Labute approximate surface area is 164 Å². The Bertz CT molecular complexity index is 563. The normalized spacial score (nSPS) is 43.5. The standard InChI is InChI=1S/C22H38N4O/c1-16-6-5-9-22(17-7-3-2-4-8-17)12-19(24-20(16)22)21(27)25-10-11-26-15-23-13-18(26)14-25/h16-20,23-24H,2-15H2,1H3. The van der Waals surface area contributed by atoms with E-state index in [0.29, 0.717) is 29.3 Å². The van der Waals surface area contributed by atoms with Crippen LogP contribution in [0.5, 0.6) is 0 Å². The van der Waals surface area contributed by atoms with Crippen LogP contribution in [0.3, 0.4) is 0 Å². The van der Waals surface area contributed by atoms with E-state index in [4.69, 9.17) is 0 Å². The highest BCUT2D eigenvalue weighted by molar-refractivity contribution is 5.82. The van der Waals surface area contributed by atoms with Gasteiger partial charge in [0.25, 0.3) is 0 Å². The van der Waals surface area contributed by atoms with Gasteiger partial charge in [0.2, 0.25) is 5.91 Å². The SMILES string of the molecule is CC1CCCC2(C3CCCCC3)CC(C(=O)N3CCN4CNCC4C3)NC12. The van der Waals surface area contributed by atoms with Crippen LogP contribution in [-0.2, 0) is 4.79 Å². The average molecular weight is 375 g/mol. The van der Waals surface area contributed by atoms with Crippen LogP contribution in [0.4, 0.5) is 0 Å². The Hall–Kier alpha value is -0.650. The average Bonchev–Trinajstić information content (AvgIpc) is 3.33. The van der Waals surface area contributed by atoms with E-state index in [9.17, 15) is 4.79 Å². The third kappa shape index (κ3) is 3.14. The first kappa shape index (κ1) is 18.4. The first-order chi connectivity index (χ1) is 13.2. The molecule has 5 heteroatoms. The van der Waals surface area contributed by atoms with Crippen LogP contribution >= 0.6 is 0 Å². The van der Waals surface area contributed by atoms with Crippen molar-refractivity contribution in [1.29, 1.82) is 0 Å². The number of nitrogens with zero attached hydrogens (tertiary/aromatic N) is 2. The summed E-state index contributed by atoms with van der Waals surface area (Å²) in [6.07, 6.45) is 12.2. The molecule has 0 radical (unpaired) electrons. The molecule has 2 aliphatic carbocycles. The molecule has 3 heterocycles. The van der Waals surface area contributed by atoms with Gasteiger partial charge in [-0.05, 0) is 49.4 Å². The summed E-state index contributed by atoms with van der Waals surface area (Å²) >= 11 is 0. The summed E-state index contributed by atoms with van der Waals surface area (Å²) in [5.41, 5.74) is 0.398. The Kier molecular flexibility index (Phi) is 4.98. The largest absolute Gasteiger partial charge is 0.338 e. The third-order valence-corrected chi connectivity index (χ3v) is 8.78. The van der Waals surface area contributed by atoms with E-state index in [2.05, 4.69) is 27.4 Å². The zero-order chi connectivity index (χ0) is 18.4. The number of piperazine rings is 1. The van der Waals surface area contributed by atoms with Crippen molar-refractivity contribution < 1.29 is 4.79 Å². The summed E-state index contributed by atoms with van der Waals surface area (Å²) in [6, 6.07) is 1.16. The van der Waals surface area contributed by atoms with Crippen LogP contribution < -0.4 is 10.6 Å². The Balaban J connectivity index is 1.33. The second kappa shape index (κ2) is 7.31. The molecule has 0 aromatic carbocycles. The molecule has 5 aliphatic rings. The van der Waals surface area contributed by atoms with E-state index in [1.807, 2.05) is 0 Å². The van der Waals surface area contributed by atoms with Crippen molar-refractivity contribution in [1.82, 2.24) is 20.4 Å². The van der Waals surface area contributed by atoms with Gasteiger partial charge in [-0.3, -0.25) is 9.69 Å². The van der Waals surface area contributed by atoms with Crippen molar-refractivity contribution in [2.24, 2.45) is 17.3 Å². The third-order valence-electron chi connectivity index (χ3n) is 8.78. The Morgan fingerprint density at radius 1 is 1.07 bits per heavy atom. The summed E-state index contributed by atoms with van der Waals surface area (Å²) in [7, 11) is 0. The molecule has 152 valence electrons. The molecule has 5 atom stereocenters. The van der Waals surface area contributed by atoms with Crippen molar-refractivity contribution in [2.45, 2.75) is 82.8 Å². The first-order valence-electron chi connectivity index (χ1n) is 11.7. The summed E-state index contributed by atoms with van der Waals surface area (Å²) in [5, 5.41) is 7.38. The minimum absolute atomic E-state index is 0.0680. The highest BCUT2D eigenvalue weighted by atomic mass is 16.2. The molecular weight excluding hydrogens is 336 g/mol. The van der Waals surface area contributed by atoms with E-state index >= 15 is 0 Å². The van der Waals surface area contributed by atoms with E-state index < -0.39 is 0 Å². The number of nitrogens with one attached hydrogen (secondary N) is 2. The number of fused-ring (bicyclic) bond motifs is 2. The van der Waals surface area contributed by atoms with Gasteiger partial charge in [0, 0.05) is 44.9 Å².